The van der Waals surface area contributed by atoms with Crippen molar-refractivity contribution in [1.29, 1.82) is 0 Å². The number of nitrogens with one attached hydrogen (secondary N) is 1. The number of aromatic carboxylic acids is 1. The molecule has 0 bridgehead atoms. The molecule has 0 saturated carbocycles. The molecule has 2 heterocycles. The Kier molecular flexibility index (Phi) is 4.22. The first kappa shape index (κ1) is 16.6. The van der Waals surface area contributed by atoms with Gasteiger partial charge in [0.1, 0.15) is 5.82 Å². The van der Waals surface area contributed by atoms with Gasteiger partial charge in [-0.3, -0.25) is 0 Å². The van der Waals surface area contributed by atoms with Gasteiger partial charge >= 0.3 is 5.97 Å². The zero-order valence-corrected chi connectivity index (χ0v) is 14.5. The van der Waals surface area contributed by atoms with E-state index in [1.807, 2.05) is 33.8 Å². The number of aromatic nitrogens is 4. The van der Waals surface area contributed by atoms with Crippen LogP contribution >= 0.6 is 0 Å². The second-order valence-electron chi connectivity index (χ2n) is 5.93. The molecule has 3 rings (SSSR count). The minimum Gasteiger partial charge on any atom is -0.478 e. The molecule has 0 unspecified atom stereocenters. The lowest BCUT2D eigenvalue weighted by Gasteiger charge is -2.13. The van der Waals surface area contributed by atoms with Gasteiger partial charge in [0.05, 0.1) is 11.3 Å². The van der Waals surface area contributed by atoms with Gasteiger partial charge in [0, 0.05) is 22.6 Å². The van der Waals surface area contributed by atoms with Gasteiger partial charge in [0.2, 0.25) is 0 Å². The van der Waals surface area contributed by atoms with Crippen LogP contribution in [-0.2, 0) is 0 Å². The molecule has 0 aliphatic heterocycles. The molecular formula is C18H19N5O2. The van der Waals surface area contributed by atoms with E-state index in [0.717, 1.165) is 28.3 Å². The summed E-state index contributed by atoms with van der Waals surface area (Å²) in [6, 6.07) is 8.49. The molecular weight excluding hydrogens is 318 g/mol. The van der Waals surface area contributed by atoms with Gasteiger partial charge in [-0.2, -0.15) is 10.1 Å². The lowest BCUT2D eigenvalue weighted by atomic mass is 10.2. The van der Waals surface area contributed by atoms with Crippen LogP contribution < -0.4 is 5.32 Å². The fraction of sp³-hybridized carbons (Fsp3) is 0.222. The van der Waals surface area contributed by atoms with E-state index in [2.05, 4.69) is 20.4 Å². The van der Waals surface area contributed by atoms with E-state index in [0.29, 0.717) is 11.8 Å². The Morgan fingerprint density at radius 1 is 1.08 bits per heavy atom. The van der Waals surface area contributed by atoms with E-state index < -0.39 is 5.97 Å². The second-order valence-corrected chi connectivity index (χ2v) is 5.93. The predicted molar refractivity (Wildman–Crippen MR) is 94.8 cm³/mol. The molecule has 7 heteroatoms. The van der Waals surface area contributed by atoms with Crippen molar-refractivity contribution in [1.82, 2.24) is 19.7 Å². The fourth-order valence-corrected chi connectivity index (χ4v) is 2.49. The highest BCUT2D eigenvalue weighted by atomic mass is 16.4. The normalized spacial score (nSPS) is 10.7. The molecule has 0 amide bonds. The van der Waals surface area contributed by atoms with Crippen molar-refractivity contribution in [2.45, 2.75) is 27.7 Å². The van der Waals surface area contributed by atoms with Gasteiger partial charge in [-0.1, -0.05) is 0 Å². The number of carboxylic acid groups (broad SMARTS) is 1. The highest BCUT2D eigenvalue weighted by molar-refractivity contribution is 5.88. The van der Waals surface area contributed by atoms with Gasteiger partial charge in [0.25, 0.3) is 5.95 Å². The Morgan fingerprint density at radius 2 is 1.76 bits per heavy atom. The molecule has 0 aliphatic rings. The smallest absolute Gasteiger partial charge is 0.335 e. The van der Waals surface area contributed by atoms with E-state index >= 15 is 0 Å². The third kappa shape index (κ3) is 3.35. The first-order valence-corrected chi connectivity index (χ1v) is 7.84. The Morgan fingerprint density at radius 3 is 2.32 bits per heavy atom. The van der Waals surface area contributed by atoms with E-state index in [-0.39, 0.29) is 5.56 Å². The fourth-order valence-electron chi connectivity index (χ4n) is 2.49. The minimum atomic E-state index is -0.951. The Hall–Kier alpha value is -3.22. The highest BCUT2D eigenvalue weighted by Gasteiger charge is 2.13. The quantitative estimate of drug-likeness (QED) is 0.758. The molecule has 0 saturated heterocycles. The monoisotopic (exact) mass is 337 g/mol. The van der Waals surface area contributed by atoms with Crippen LogP contribution in [0.5, 0.6) is 0 Å². The van der Waals surface area contributed by atoms with Crippen molar-refractivity contribution in [3.8, 4) is 5.95 Å². The lowest BCUT2D eigenvalue weighted by molar-refractivity contribution is 0.0697. The number of carboxylic acids is 1. The third-order valence-corrected chi connectivity index (χ3v) is 3.97. The number of hydrogen-bond donors (Lipinski definition) is 2. The van der Waals surface area contributed by atoms with Crippen molar-refractivity contribution in [3.63, 3.8) is 0 Å². The van der Waals surface area contributed by atoms with E-state index in [9.17, 15) is 4.79 Å². The van der Waals surface area contributed by atoms with Gasteiger partial charge < -0.3 is 10.4 Å². The molecule has 2 N–H and O–H groups in total. The van der Waals surface area contributed by atoms with Crippen LogP contribution in [0.3, 0.4) is 0 Å². The van der Waals surface area contributed by atoms with Crippen molar-refractivity contribution in [2.75, 3.05) is 5.32 Å². The molecule has 3 aromatic rings. The maximum atomic E-state index is 11.0. The summed E-state index contributed by atoms with van der Waals surface area (Å²) < 4.78 is 1.71. The number of benzene rings is 1. The number of rotatable bonds is 4. The Balaban J connectivity index is 1.98. The minimum absolute atomic E-state index is 0.240. The Bertz CT molecular complexity index is 945. The maximum absolute atomic E-state index is 11.0. The predicted octanol–water partition coefficient (Wildman–Crippen LogP) is 3.34. The summed E-state index contributed by atoms with van der Waals surface area (Å²) in [7, 11) is 0. The highest BCUT2D eigenvalue weighted by Crippen LogP contribution is 2.22. The maximum Gasteiger partial charge on any atom is 0.335 e. The molecule has 2 aromatic heterocycles. The molecule has 1 aromatic carbocycles. The third-order valence-electron chi connectivity index (χ3n) is 3.97. The molecule has 7 nitrogen and oxygen atoms in total. The molecule has 25 heavy (non-hydrogen) atoms. The number of aryl methyl sites for hydroxylation is 3. The van der Waals surface area contributed by atoms with E-state index in [1.165, 1.54) is 0 Å². The summed E-state index contributed by atoms with van der Waals surface area (Å²) in [6.07, 6.45) is 0. The Labute approximate surface area is 145 Å². The van der Waals surface area contributed by atoms with Crippen molar-refractivity contribution < 1.29 is 9.90 Å². The second kappa shape index (κ2) is 6.35. The van der Waals surface area contributed by atoms with E-state index in [1.54, 1.807) is 28.9 Å². The van der Waals surface area contributed by atoms with Crippen LogP contribution in [0, 0.1) is 27.7 Å². The topological polar surface area (TPSA) is 92.9 Å². The summed E-state index contributed by atoms with van der Waals surface area (Å²) in [4.78, 5) is 20.1. The molecule has 0 atom stereocenters. The zero-order valence-electron chi connectivity index (χ0n) is 14.5. The summed E-state index contributed by atoms with van der Waals surface area (Å²) in [5, 5.41) is 16.6. The molecule has 128 valence electrons. The molecule has 0 radical (unpaired) electrons. The first-order chi connectivity index (χ1) is 11.8. The van der Waals surface area contributed by atoms with Gasteiger partial charge in [-0.05, 0) is 58.0 Å². The average molecular weight is 337 g/mol. The SMILES string of the molecule is Cc1cc(C)n(-c2nc(C)c(C)c(Nc3ccc(C(=O)O)cc3)n2)n1. The van der Waals surface area contributed by atoms with Gasteiger partial charge in [0.15, 0.2) is 0 Å². The van der Waals surface area contributed by atoms with Crippen molar-refractivity contribution >= 4 is 17.5 Å². The van der Waals surface area contributed by atoms with Gasteiger partial charge in [-0.25, -0.2) is 14.5 Å². The molecule has 0 spiro atoms. The largest absolute Gasteiger partial charge is 0.478 e. The first-order valence-electron chi connectivity index (χ1n) is 7.84. The van der Waals surface area contributed by atoms with E-state index in [4.69, 9.17) is 5.11 Å². The molecule has 0 fully saturated rings. The van der Waals surface area contributed by atoms with Crippen LogP contribution in [-0.4, -0.2) is 30.8 Å². The van der Waals surface area contributed by atoms with Gasteiger partial charge in [-0.15, -0.1) is 0 Å². The summed E-state index contributed by atoms with van der Waals surface area (Å²) in [5.74, 6) is 0.212. The van der Waals surface area contributed by atoms with Crippen LogP contribution in [0.1, 0.15) is 33.0 Å². The standard InChI is InChI=1S/C18H19N5O2/c1-10-9-11(2)23(22-10)18-19-13(4)12(3)16(21-18)20-15-7-5-14(6-8-15)17(24)25/h5-9H,1-4H3,(H,24,25)(H,19,20,21). The van der Waals surface area contributed by atoms with Crippen LogP contribution in [0.25, 0.3) is 5.95 Å². The number of carbonyl (C=O) groups is 1. The van der Waals surface area contributed by atoms with Crippen LogP contribution in [0.2, 0.25) is 0 Å². The van der Waals surface area contributed by atoms with Crippen molar-refractivity contribution in [2.24, 2.45) is 0 Å². The summed E-state index contributed by atoms with van der Waals surface area (Å²) in [6.45, 7) is 7.74. The van der Waals surface area contributed by atoms with Crippen molar-refractivity contribution in [3.05, 3.63) is 58.5 Å². The average Bonchev–Trinajstić information content (AvgIpc) is 2.90. The zero-order chi connectivity index (χ0) is 18.1. The summed E-state index contributed by atoms with van der Waals surface area (Å²) >= 11 is 0. The van der Waals surface area contributed by atoms with Crippen LogP contribution in [0.15, 0.2) is 30.3 Å². The summed E-state index contributed by atoms with van der Waals surface area (Å²) in [5.41, 5.74) is 4.63. The van der Waals surface area contributed by atoms with Crippen LogP contribution in [0.4, 0.5) is 11.5 Å². The number of hydrogen-bond acceptors (Lipinski definition) is 5. The molecule has 0 aliphatic carbocycles. The number of nitrogens with zero attached hydrogens (tertiary/aromatic N) is 4. The number of anilines is 2. The lowest BCUT2D eigenvalue weighted by Crippen LogP contribution is -2.10.